The summed E-state index contributed by atoms with van der Waals surface area (Å²) in [6.45, 7) is 14.4. The van der Waals surface area contributed by atoms with Gasteiger partial charge in [-0.2, -0.15) is 0 Å². The zero-order valence-electron chi connectivity index (χ0n) is 22.5. The Balaban J connectivity index is 1.80. The summed E-state index contributed by atoms with van der Waals surface area (Å²) in [5.74, 6) is 0.528. The summed E-state index contributed by atoms with van der Waals surface area (Å²) in [7, 11) is 1.35. The highest BCUT2D eigenvalue weighted by molar-refractivity contribution is 5.76. The van der Waals surface area contributed by atoms with Crippen LogP contribution in [0.5, 0.6) is 0 Å². The van der Waals surface area contributed by atoms with Gasteiger partial charge in [0.05, 0.1) is 30.8 Å². The molecule has 3 aliphatic carbocycles. The topological polar surface area (TPSA) is 87.0 Å². The van der Waals surface area contributed by atoms with E-state index < -0.39 is 29.7 Å². The van der Waals surface area contributed by atoms with Crippen molar-refractivity contribution in [3.05, 3.63) is 47.6 Å². The summed E-state index contributed by atoms with van der Waals surface area (Å²) in [6, 6.07) is 0. The molecule has 3 N–H and O–H groups in total. The maximum atomic E-state index is 12.1. The maximum absolute atomic E-state index is 12.1. The predicted octanol–water partition coefficient (Wildman–Crippen LogP) is 5.27. The molecule has 35 heavy (non-hydrogen) atoms. The first-order chi connectivity index (χ1) is 16.2. The van der Waals surface area contributed by atoms with Crippen LogP contribution < -0.4 is 0 Å². The van der Waals surface area contributed by atoms with Crippen LogP contribution in [0.4, 0.5) is 0 Å². The number of carbonyl (C=O) groups is 1. The first-order valence-electron chi connectivity index (χ1n) is 13.1. The fourth-order valence-electron chi connectivity index (χ4n) is 7.01. The van der Waals surface area contributed by atoms with Gasteiger partial charge in [-0.1, -0.05) is 57.2 Å². The minimum Gasteiger partial charge on any atom is -0.469 e. The highest BCUT2D eigenvalue weighted by atomic mass is 16.5. The van der Waals surface area contributed by atoms with Gasteiger partial charge in [-0.3, -0.25) is 4.79 Å². The highest BCUT2D eigenvalue weighted by Crippen LogP contribution is 2.62. The minimum absolute atomic E-state index is 0.135. The van der Waals surface area contributed by atoms with Crippen LogP contribution in [0.3, 0.4) is 0 Å². The number of carbonyl (C=O) groups excluding carboxylic acids is 1. The Bertz CT molecular complexity index is 908. The van der Waals surface area contributed by atoms with E-state index in [9.17, 15) is 20.1 Å². The molecular weight excluding hydrogens is 440 g/mol. The van der Waals surface area contributed by atoms with Crippen molar-refractivity contribution in [3.63, 3.8) is 0 Å². The van der Waals surface area contributed by atoms with Gasteiger partial charge >= 0.3 is 5.97 Å². The molecule has 196 valence electrons. The largest absolute Gasteiger partial charge is 0.469 e. The molecule has 0 amide bonds. The van der Waals surface area contributed by atoms with E-state index in [2.05, 4.69) is 45.6 Å². The van der Waals surface area contributed by atoms with Crippen LogP contribution in [0.15, 0.2) is 47.6 Å². The third kappa shape index (κ3) is 5.52. The molecule has 3 aliphatic rings. The van der Waals surface area contributed by atoms with Crippen molar-refractivity contribution in [1.82, 2.24) is 0 Å². The molecule has 0 aromatic rings. The quantitative estimate of drug-likeness (QED) is 0.352. The molecular formula is C30H46O5. The van der Waals surface area contributed by atoms with E-state index in [0.29, 0.717) is 24.7 Å². The van der Waals surface area contributed by atoms with E-state index in [-0.39, 0.29) is 10.8 Å². The number of rotatable bonds is 6. The van der Waals surface area contributed by atoms with Gasteiger partial charge in [0, 0.05) is 6.42 Å². The van der Waals surface area contributed by atoms with Gasteiger partial charge in [-0.05, 0) is 86.2 Å². The van der Waals surface area contributed by atoms with Gasteiger partial charge in [-0.25, -0.2) is 0 Å². The molecule has 0 aromatic heterocycles. The molecule has 3 rings (SSSR count). The Morgan fingerprint density at radius 1 is 1.20 bits per heavy atom. The van der Waals surface area contributed by atoms with Gasteiger partial charge in [0.25, 0.3) is 0 Å². The maximum Gasteiger partial charge on any atom is 0.314 e. The Labute approximate surface area is 211 Å². The third-order valence-corrected chi connectivity index (χ3v) is 9.29. The lowest BCUT2D eigenvalue weighted by Crippen LogP contribution is -2.40. The lowest BCUT2D eigenvalue weighted by atomic mass is 9.57. The second-order valence-electron chi connectivity index (χ2n) is 12.4. The molecule has 0 aromatic carbocycles. The third-order valence-electron chi connectivity index (χ3n) is 9.29. The smallest absolute Gasteiger partial charge is 0.314 e. The second kappa shape index (κ2) is 10.4. The standard InChI is InChI=1S/C30H46O5/c1-19-21(17-22(31)18-24(19)32)11-10-20-9-8-15-30(6)23(20)12-13-25(30)28(2,3)16-14-26(33)29(4,5)27(34)35-7/h10-11,14,16,22-26,31-33H,1,8-9,12-13,15,17-18H2,2-7H3/t22-,23+,24+,25-,26-,30+/m1/s1. The van der Waals surface area contributed by atoms with Gasteiger partial charge in [0.15, 0.2) is 0 Å². The van der Waals surface area contributed by atoms with Crippen molar-refractivity contribution < 1.29 is 24.9 Å². The molecule has 5 nitrogen and oxygen atoms in total. The summed E-state index contributed by atoms with van der Waals surface area (Å²) in [5, 5.41) is 31.0. The van der Waals surface area contributed by atoms with Gasteiger partial charge in [0.1, 0.15) is 0 Å². The molecule has 0 spiro atoms. The minimum atomic E-state index is -0.998. The number of ether oxygens (including phenoxy) is 1. The van der Waals surface area contributed by atoms with Crippen molar-refractivity contribution in [3.8, 4) is 0 Å². The summed E-state index contributed by atoms with van der Waals surface area (Å²) in [4.78, 5) is 12.1. The second-order valence-corrected chi connectivity index (χ2v) is 12.4. The Morgan fingerprint density at radius 3 is 2.54 bits per heavy atom. The fraction of sp³-hybridized carbons (Fsp3) is 0.700. The Morgan fingerprint density at radius 2 is 1.89 bits per heavy atom. The van der Waals surface area contributed by atoms with Crippen molar-refractivity contribution in [2.75, 3.05) is 7.11 Å². The first-order valence-corrected chi connectivity index (χ1v) is 13.1. The molecule has 0 saturated heterocycles. The molecule has 6 atom stereocenters. The lowest BCUT2D eigenvalue weighted by Gasteiger charge is -2.47. The van der Waals surface area contributed by atoms with E-state index >= 15 is 0 Å². The summed E-state index contributed by atoms with van der Waals surface area (Å²) < 4.78 is 4.87. The molecule has 3 saturated carbocycles. The van der Waals surface area contributed by atoms with E-state index in [1.165, 1.54) is 19.1 Å². The van der Waals surface area contributed by atoms with Gasteiger partial charge < -0.3 is 20.1 Å². The van der Waals surface area contributed by atoms with Crippen LogP contribution in [-0.4, -0.2) is 46.7 Å². The van der Waals surface area contributed by atoms with Gasteiger partial charge in [-0.15, -0.1) is 0 Å². The van der Waals surface area contributed by atoms with Crippen molar-refractivity contribution in [1.29, 1.82) is 0 Å². The molecule has 0 unspecified atom stereocenters. The normalized spacial score (nSPS) is 35.5. The van der Waals surface area contributed by atoms with E-state index in [1.807, 2.05) is 0 Å². The van der Waals surface area contributed by atoms with Crippen molar-refractivity contribution in [2.45, 2.75) is 97.9 Å². The van der Waals surface area contributed by atoms with Gasteiger partial charge in [0.2, 0.25) is 0 Å². The average molecular weight is 487 g/mol. The molecule has 0 bridgehead atoms. The number of allylic oxidation sites excluding steroid dienone is 4. The average Bonchev–Trinajstić information content (AvgIpc) is 3.16. The number of fused-ring (bicyclic) bond motifs is 1. The zero-order chi connectivity index (χ0) is 26.2. The number of aliphatic hydroxyl groups excluding tert-OH is 3. The number of aliphatic hydroxyl groups is 3. The van der Waals surface area contributed by atoms with Crippen LogP contribution in [0.2, 0.25) is 0 Å². The van der Waals surface area contributed by atoms with Crippen LogP contribution in [-0.2, 0) is 9.53 Å². The van der Waals surface area contributed by atoms with Crippen LogP contribution in [0, 0.1) is 28.1 Å². The summed E-state index contributed by atoms with van der Waals surface area (Å²) in [5.41, 5.74) is 2.17. The number of esters is 1. The Hall–Kier alpha value is -1.69. The molecule has 0 radical (unpaired) electrons. The number of methoxy groups -OCH3 is 1. The first kappa shape index (κ1) is 27.9. The van der Waals surface area contributed by atoms with Crippen LogP contribution in [0.1, 0.15) is 79.6 Å². The summed E-state index contributed by atoms with van der Waals surface area (Å²) in [6.07, 6.45) is 12.7. The SMILES string of the molecule is C=C1C(=CC=C2CCC[C@]3(C)[C@@H](C(C)(C)C=C[C@@H](O)C(C)(C)C(=O)OC)CC[C@@H]23)C[C@@H](O)C[C@@H]1O. The predicted molar refractivity (Wildman–Crippen MR) is 139 cm³/mol. The van der Waals surface area contributed by atoms with Crippen LogP contribution >= 0.6 is 0 Å². The van der Waals surface area contributed by atoms with E-state index in [0.717, 1.165) is 36.8 Å². The van der Waals surface area contributed by atoms with Crippen molar-refractivity contribution in [2.24, 2.45) is 28.1 Å². The fourth-order valence-corrected chi connectivity index (χ4v) is 7.01. The molecule has 5 heteroatoms. The van der Waals surface area contributed by atoms with Crippen LogP contribution in [0.25, 0.3) is 0 Å². The highest BCUT2D eigenvalue weighted by Gasteiger charge is 2.53. The Kier molecular flexibility index (Phi) is 8.25. The molecule has 0 aliphatic heterocycles. The van der Waals surface area contributed by atoms with Crippen molar-refractivity contribution >= 4 is 5.97 Å². The van der Waals surface area contributed by atoms with E-state index in [1.54, 1.807) is 19.9 Å². The monoisotopic (exact) mass is 486 g/mol. The zero-order valence-corrected chi connectivity index (χ0v) is 22.5. The lowest BCUT2D eigenvalue weighted by molar-refractivity contribution is -0.155. The number of hydrogen-bond donors (Lipinski definition) is 3. The summed E-state index contributed by atoms with van der Waals surface area (Å²) >= 11 is 0. The molecule has 3 fully saturated rings. The van der Waals surface area contributed by atoms with E-state index in [4.69, 9.17) is 4.74 Å². The molecule has 0 heterocycles. The number of hydrogen-bond acceptors (Lipinski definition) is 5.